The average Bonchev–Trinajstić information content (AvgIpc) is 3.03. The van der Waals surface area contributed by atoms with Crippen LogP contribution in [0, 0.1) is 6.57 Å². The van der Waals surface area contributed by atoms with Gasteiger partial charge in [-0.05, 0) is 22.6 Å². The van der Waals surface area contributed by atoms with Crippen molar-refractivity contribution >= 4 is 44.1 Å². The van der Waals surface area contributed by atoms with Crippen LogP contribution in [-0.4, -0.2) is 67.9 Å². The maximum Gasteiger partial charge on any atom is 0.410 e. The van der Waals surface area contributed by atoms with Gasteiger partial charge in [0.05, 0.1) is 18.4 Å². The quantitative estimate of drug-likeness (QED) is 0.210. The SMILES string of the molecule is [C-]#[N+]C[C@H]1CN(c2nc(S(C)(=O)=O)nc3c2CO[C@H](c2cccc4cccc(Cl)c24)C3)CCN1C(=O)OCc1ccccc1. The van der Waals surface area contributed by atoms with Gasteiger partial charge in [0.25, 0.3) is 0 Å². The number of aromatic nitrogens is 2. The molecule has 4 aromatic rings. The number of piperazine rings is 1. The molecule has 12 heteroatoms. The first-order valence-electron chi connectivity index (χ1n) is 14.2. The summed E-state index contributed by atoms with van der Waals surface area (Å²) in [5.41, 5.74) is 3.05. The molecule has 2 aliphatic heterocycles. The van der Waals surface area contributed by atoms with Crippen LogP contribution in [0.3, 0.4) is 0 Å². The van der Waals surface area contributed by atoms with Crippen molar-refractivity contribution in [3.05, 3.63) is 106 Å². The molecule has 3 aromatic carbocycles. The van der Waals surface area contributed by atoms with Gasteiger partial charge in [0, 0.05) is 48.3 Å². The second-order valence-electron chi connectivity index (χ2n) is 10.9. The molecular weight excluding hydrogens is 602 g/mol. The molecule has 2 atom stereocenters. The molecule has 10 nitrogen and oxygen atoms in total. The van der Waals surface area contributed by atoms with Crippen LogP contribution in [0.2, 0.25) is 5.02 Å². The predicted molar refractivity (Wildman–Crippen MR) is 166 cm³/mol. The lowest BCUT2D eigenvalue weighted by Crippen LogP contribution is -2.57. The van der Waals surface area contributed by atoms with Crippen LogP contribution >= 0.6 is 11.6 Å². The molecule has 1 saturated heterocycles. The second kappa shape index (κ2) is 12.4. The summed E-state index contributed by atoms with van der Waals surface area (Å²) in [6.45, 7) is 8.78. The Morgan fingerprint density at radius 2 is 1.86 bits per heavy atom. The monoisotopic (exact) mass is 631 g/mol. The summed E-state index contributed by atoms with van der Waals surface area (Å²) in [6, 6.07) is 20.5. The van der Waals surface area contributed by atoms with Crippen LogP contribution in [0.4, 0.5) is 10.6 Å². The molecule has 0 N–H and O–H groups in total. The topological polar surface area (TPSA) is 106 Å². The molecule has 0 aliphatic carbocycles. The van der Waals surface area contributed by atoms with Gasteiger partial charge >= 0.3 is 6.09 Å². The van der Waals surface area contributed by atoms with E-state index in [-0.39, 0.29) is 38.0 Å². The van der Waals surface area contributed by atoms with Gasteiger partial charge in [-0.2, -0.15) is 0 Å². The lowest BCUT2D eigenvalue weighted by atomic mass is 9.94. The number of amides is 1. The van der Waals surface area contributed by atoms with Crippen molar-refractivity contribution in [2.75, 3.05) is 37.3 Å². The highest BCUT2D eigenvalue weighted by molar-refractivity contribution is 7.90. The van der Waals surface area contributed by atoms with Gasteiger partial charge in [0.15, 0.2) is 0 Å². The molecule has 226 valence electrons. The Morgan fingerprint density at radius 3 is 2.61 bits per heavy atom. The number of benzene rings is 3. The molecule has 2 aliphatic rings. The third-order valence-electron chi connectivity index (χ3n) is 7.95. The number of nitrogens with zero attached hydrogens (tertiary/aromatic N) is 5. The number of halogens is 1. The van der Waals surface area contributed by atoms with Crippen molar-refractivity contribution in [3.63, 3.8) is 0 Å². The normalized spacial score (nSPS) is 18.5. The Kier molecular flexibility index (Phi) is 8.40. The first kappa shape index (κ1) is 29.8. The van der Waals surface area contributed by atoms with Gasteiger partial charge in [0.1, 0.15) is 18.5 Å². The Bertz CT molecular complexity index is 1860. The van der Waals surface area contributed by atoms with E-state index in [4.69, 9.17) is 27.6 Å². The van der Waals surface area contributed by atoms with Crippen LogP contribution in [0.1, 0.15) is 28.5 Å². The second-order valence-corrected chi connectivity index (χ2v) is 13.2. The van der Waals surface area contributed by atoms with Gasteiger partial charge < -0.3 is 19.2 Å². The third kappa shape index (κ3) is 6.06. The summed E-state index contributed by atoms with van der Waals surface area (Å²) >= 11 is 6.59. The number of ether oxygens (including phenoxy) is 2. The molecule has 0 saturated carbocycles. The van der Waals surface area contributed by atoms with Gasteiger partial charge in [-0.1, -0.05) is 72.3 Å². The zero-order valence-electron chi connectivity index (χ0n) is 24.0. The van der Waals surface area contributed by atoms with Crippen molar-refractivity contribution in [2.45, 2.75) is 36.9 Å². The number of carbonyl (C=O) groups is 1. The number of rotatable bonds is 6. The zero-order chi connectivity index (χ0) is 30.8. The summed E-state index contributed by atoms with van der Waals surface area (Å²) in [5, 5.41) is 2.21. The lowest BCUT2D eigenvalue weighted by molar-refractivity contribution is 0.0264. The number of sulfone groups is 1. The van der Waals surface area contributed by atoms with Crippen molar-refractivity contribution in [1.82, 2.24) is 14.9 Å². The van der Waals surface area contributed by atoms with E-state index in [2.05, 4.69) is 14.8 Å². The maximum atomic E-state index is 13.1. The molecule has 0 unspecified atom stereocenters. The first-order valence-corrected chi connectivity index (χ1v) is 16.4. The van der Waals surface area contributed by atoms with Gasteiger partial charge in [-0.15, -0.1) is 0 Å². The molecule has 1 fully saturated rings. The Balaban J connectivity index is 1.29. The van der Waals surface area contributed by atoms with E-state index in [1.54, 1.807) is 4.90 Å². The smallest absolute Gasteiger partial charge is 0.410 e. The van der Waals surface area contributed by atoms with E-state index in [0.717, 1.165) is 28.2 Å². The summed E-state index contributed by atoms with van der Waals surface area (Å²) in [7, 11) is -3.75. The summed E-state index contributed by atoms with van der Waals surface area (Å²) in [6.07, 6.45) is 0.521. The van der Waals surface area contributed by atoms with E-state index in [1.807, 2.05) is 71.6 Å². The largest absolute Gasteiger partial charge is 0.445 e. The highest BCUT2D eigenvalue weighted by Gasteiger charge is 2.37. The van der Waals surface area contributed by atoms with Crippen LogP contribution in [0.25, 0.3) is 15.6 Å². The highest BCUT2D eigenvalue weighted by Crippen LogP contribution is 2.39. The van der Waals surface area contributed by atoms with Crippen LogP contribution < -0.4 is 4.90 Å². The third-order valence-corrected chi connectivity index (χ3v) is 9.11. The fourth-order valence-electron chi connectivity index (χ4n) is 5.80. The predicted octanol–water partition coefficient (Wildman–Crippen LogP) is 5.25. The van der Waals surface area contributed by atoms with Crippen molar-refractivity contribution in [3.8, 4) is 0 Å². The fraction of sp³-hybridized carbons (Fsp3) is 0.312. The standard InChI is InChI=1S/C32H30ClN5O5S/c1-34-17-23-18-37(14-15-38(23)32(39)43-19-21-8-4-3-5-9-21)30-25-20-42-28(16-27(25)35-31(36-30)44(2,40)41)24-12-6-10-22-11-7-13-26(33)29(22)24/h3-13,23,28H,14-20H2,2H3/t23-,28-/m0/s1. The van der Waals surface area contributed by atoms with E-state index < -0.39 is 28.1 Å². The van der Waals surface area contributed by atoms with Crippen molar-refractivity contribution in [2.24, 2.45) is 0 Å². The molecule has 0 radical (unpaired) electrons. The molecule has 3 heterocycles. The Labute approximate surface area is 260 Å². The van der Waals surface area contributed by atoms with E-state index >= 15 is 0 Å². The van der Waals surface area contributed by atoms with Crippen LogP contribution in [0.15, 0.2) is 71.9 Å². The number of hydrogen-bond acceptors (Lipinski definition) is 8. The maximum absolute atomic E-state index is 13.1. The minimum Gasteiger partial charge on any atom is -0.445 e. The van der Waals surface area contributed by atoms with E-state index in [0.29, 0.717) is 35.1 Å². The molecule has 6 rings (SSSR count). The lowest BCUT2D eigenvalue weighted by Gasteiger charge is -2.40. The summed E-state index contributed by atoms with van der Waals surface area (Å²) < 4.78 is 37.4. The van der Waals surface area contributed by atoms with E-state index in [1.165, 1.54) is 0 Å². The molecule has 1 amide bonds. The number of hydrogen-bond donors (Lipinski definition) is 0. The highest BCUT2D eigenvalue weighted by atomic mass is 35.5. The number of anilines is 1. The molecular formula is C32H30ClN5O5S. The van der Waals surface area contributed by atoms with Gasteiger partial charge in [0.2, 0.25) is 21.5 Å². The average molecular weight is 632 g/mol. The molecule has 1 aromatic heterocycles. The minimum atomic E-state index is -3.75. The fourth-order valence-corrected chi connectivity index (χ4v) is 6.62. The van der Waals surface area contributed by atoms with Crippen molar-refractivity contribution in [1.29, 1.82) is 0 Å². The van der Waals surface area contributed by atoms with E-state index in [9.17, 15) is 13.2 Å². The number of carbonyl (C=O) groups excluding carboxylic acids is 1. The molecule has 0 spiro atoms. The first-order chi connectivity index (χ1) is 21.2. The van der Waals surface area contributed by atoms with Crippen LogP contribution in [0.5, 0.6) is 0 Å². The zero-order valence-corrected chi connectivity index (χ0v) is 25.6. The van der Waals surface area contributed by atoms with Crippen LogP contribution in [-0.2, 0) is 38.9 Å². The van der Waals surface area contributed by atoms with Gasteiger partial charge in [-0.3, -0.25) is 4.90 Å². The molecule has 0 bridgehead atoms. The molecule has 44 heavy (non-hydrogen) atoms. The summed E-state index contributed by atoms with van der Waals surface area (Å²) in [5.74, 6) is 0.442. The van der Waals surface area contributed by atoms with Crippen molar-refractivity contribution < 1.29 is 22.7 Å². The number of fused-ring (bicyclic) bond motifs is 2. The van der Waals surface area contributed by atoms with Gasteiger partial charge in [-0.25, -0.2) is 29.8 Å². The Morgan fingerprint density at radius 1 is 1.09 bits per heavy atom. The Hall–Kier alpha value is -4.24. The minimum absolute atomic E-state index is 0.0591. The summed E-state index contributed by atoms with van der Waals surface area (Å²) in [4.78, 5) is 29.1.